The van der Waals surface area contributed by atoms with Crippen LogP contribution < -0.4 is 4.90 Å². The van der Waals surface area contributed by atoms with Crippen molar-refractivity contribution in [2.24, 2.45) is 0 Å². The molecular weight excluding hydrogens is 256 g/mol. The van der Waals surface area contributed by atoms with Crippen LogP contribution in [0.25, 0.3) is 0 Å². The standard InChI is InChI=1S/C15H18N2O3/c1-10-3-4-12(9-11(10)2)16-7-8-17-13(18)5-6-15(16,17)14(19)20/h3-4,9H,5-8H2,1-2H3,(H,19,20). The van der Waals surface area contributed by atoms with Gasteiger partial charge in [-0.15, -0.1) is 0 Å². The molecular formula is C15H18N2O3. The highest BCUT2D eigenvalue weighted by atomic mass is 16.4. The minimum atomic E-state index is -1.18. The van der Waals surface area contributed by atoms with Crippen LogP contribution in [0.2, 0.25) is 0 Å². The highest BCUT2D eigenvalue weighted by molar-refractivity contribution is 5.94. The molecule has 2 fully saturated rings. The van der Waals surface area contributed by atoms with Crippen LogP contribution in [-0.4, -0.2) is 40.6 Å². The third-order valence-corrected chi connectivity index (χ3v) is 4.57. The maximum absolute atomic E-state index is 11.9. The molecule has 1 atom stereocenters. The lowest BCUT2D eigenvalue weighted by atomic mass is 10.0. The van der Waals surface area contributed by atoms with Crippen LogP contribution in [0.4, 0.5) is 5.69 Å². The molecule has 20 heavy (non-hydrogen) atoms. The van der Waals surface area contributed by atoms with E-state index in [0.29, 0.717) is 25.9 Å². The van der Waals surface area contributed by atoms with E-state index < -0.39 is 11.6 Å². The summed E-state index contributed by atoms with van der Waals surface area (Å²) in [5.74, 6) is -0.988. The molecule has 1 aromatic rings. The number of hydrogen-bond acceptors (Lipinski definition) is 3. The first-order valence-electron chi connectivity index (χ1n) is 6.85. The molecule has 2 aliphatic rings. The topological polar surface area (TPSA) is 60.9 Å². The van der Waals surface area contributed by atoms with Crippen LogP contribution in [-0.2, 0) is 9.59 Å². The van der Waals surface area contributed by atoms with Crippen molar-refractivity contribution < 1.29 is 14.7 Å². The number of aliphatic carboxylic acids is 1. The maximum Gasteiger partial charge on any atom is 0.350 e. The lowest BCUT2D eigenvalue weighted by Crippen LogP contribution is -2.57. The number of fused-ring (bicyclic) bond motifs is 1. The molecule has 2 aliphatic heterocycles. The van der Waals surface area contributed by atoms with Gasteiger partial charge in [0, 0.05) is 31.6 Å². The zero-order chi connectivity index (χ0) is 14.5. The van der Waals surface area contributed by atoms with Crippen LogP contribution in [0.15, 0.2) is 18.2 Å². The Morgan fingerprint density at radius 2 is 1.90 bits per heavy atom. The molecule has 2 saturated heterocycles. The molecule has 0 saturated carbocycles. The fourth-order valence-corrected chi connectivity index (χ4v) is 3.31. The lowest BCUT2D eigenvalue weighted by molar-refractivity contribution is -0.151. The van der Waals surface area contributed by atoms with Crippen LogP contribution >= 0.6 is 0 Å². The Labute approximate surface area is 117 Å². The minimum Gasteiger partial charge on any atom is -0.478 e. The molecule has 1 unspecified atom stereocenters. The van der Waals surface area contributed by atoms with Gasteiger partial charge in [0.15, 0.2) is 0 Å². The molecule has 0 aliphatic carbocycles. The largest absolute Gasteiger partial charge is 0.478 e. The second kappa shape index (κ2) is 4.23. The van der Waals surface area contributed by atoms with E-state index in [1.54, 1.807) is 0 Å². The van der Waals surface area contributed by atoms with Gasteiger partial charge in [-0.05, 0) is 37.1 Å². The number of nitrogens with zero attached hydrogens (tertiary/aromatic N) is 2. The van der Waals surface area contributed by atoms with Gasteiger partial charge in [0.2, 0.25) is 11.6 Å². The van der Waals surface area contributed by atoms with Crippen molar-refractivity contribution in [2.75, 3.05) is 18.0 Å². The summed E-state index contributed by atoms with van der Waals surface area (Å²) in [5.41, 5.74) is 2.01. The fraction of sp³-hybridized carbons (Fsp3) is 0.467. The Kier molecular flexibility index (Phi) is 2.74. The van der Waals surface area contributed by atoms with Gasteiger partial charge in [-0.1, -0.05) is 6.07 Å². The summed E-state index contributed by atoms with van der Waals surface area (Å²) in [6, 6.07) is 5.95. The summed E-state index contributed by atoms with van der Waals surface area (Å²) < 4.78 is 0. The van der Waals surface area contributed by atoms with Gasteiger partial charge < -0.3 is 14.9 Å². The predicted molar refractivity (Wildman–Crippen MR) is 74.6 cm³/mol. The van der Waals surface area contributed by atoms with Gasteiger partial charge in [-0.2, -0.15) is 0 Å². The number of rotatable bonds is 2. The van der Waals surface area contributed by atoms with E-state index in [2.05, 4.69) is 0 Å². The summed E-state index contributed by atoms with van der Waals surface area (Å²) in [5, 5.41) is 9.71. The molecule has 0 bridgehead atoms. The first-order valence-corrected chi connectivity index (χ1v) is 6.85. The summed E-state index contributed by atoms with van der Waals surface area (Å²) >= 11 is 0. The first-order chi connectivity index (χ1) is 9.46. The number of hydrogen-bond donors (Lipinski definition) is 1. The number of amides is 1. The van der Waals surface area contributed by atoms with Gasteiger partial charge in [-0.3, -0.25) is 4.79 Å². The Bertz CT molecular complexity index is 599. The summed E-state index contributed by atoms with van der Waals surface area (Å²) in [7, 11) is 0. The highest BCUT2D eigenvalue weighted by Gasteiger charge is 2.59. The number of carbonyl (C=O) groups is 2. The van der Waals surface area contributed by atoms with Crippen molar-refractivity contribution in [3.63, 3.8) is 0 Å². The van der Waals surface area contributed by atoms with Gasteiger partial charge in [0.05, 0.1) is 0 Å². The van der Waals surface area contributed by atoms with Crippen LogP contribution in [0.1, 0.15) is 24.0 Å². The third-order valence-electron chi connectivity index (χ3n) is 4.57. The van der Waals surface area contributed by atoms with Crippen LogP contribution in [0.5, 0.6) is 0 Å². The molecule has 5 heteroatoms. The van der Waals surface area contributed by atoms with Gasteiger partial charge in [0.1, 0.15) is 0 Å². The number of benzene rings is 1. The van der Waals surface area contributed by atoms with E-state index in [-0.39, 0.29) is 5.91 Å². The predicted octanol–water partition coefficient (Wildman–Crippen LogP) is 1.53. The molecule has 0 aromatic heterocycles. The van der Waals surface area contributed by atoms with Crippen molar-refractivity contribution in [3.8, 4) is 0 Å². The number of aryl methyl sites for hydroxylation is 2. The molecule has 5 nitrogen and oxygen atoms in total. The van der Waals surface area contributed by atoms with Gasteiger partial charge >= 0.3 is 5.97 Å². The molecule has 106 valence electrons. The monoisotopic (exact) mass is 274 g/mol. The SMILES string of the molecule is Cc1ccc(N2CCN3C(=O)CCC32C(=O)O)cc1C. The zero-order valence-electron chi connectivity index (χ0n) is 11.7. The number of carbonyl (C=O) groups excluding carboxylic acids is 1. The molecule has 2 heterocycles. The Balaban J connectivity index is 2.07. The third kappa shape index (κ3) is 1.55. The molecule has 1 N–H and O–H groups in total. The van der Waals surface area contributed by atoms with Gasteiger partial charge in [0.25, 0.3) is 0 Å². The van der Waals surface area contributed by atoms with Crippen molar-refractivity contribution >= 4 is 17.6 Å². The Morgan fingerprint density at radius 3 is 2.55 bits per heavy atom. The summed E-state index contributed by atoms with van der Waals surface area (Å²) in [6.45, 7) is 5.10. The molecule has 1 aromatic carbocycles. The number of carboxylic acids is 1. The van der Waals surface area contributed by atoms with E-state index in [4.69, 9.17) is 0 Å². The molecule has 0 radical (unpaired) electrons. The summed E-state index contributed by atoms with van der Waals surface area (Å²) in [4.78, 5) is 27.1. The van der Waals surface area contributed by atoms with Crippen molar-refractivity contribution in [2.45, 2.75) is 32.4 Å². The molecule has 1 amide bonds. The average Bonchev–Trinajstić information content (AvgIpc) is 2.93. The quantitative estimate of drug-likeness (QED) is 0.888. The fourth-order valence-electron chi connectivity index (χ4n) is 3.31. The van der Waals surface area contributed by atoms with Gasteiger partial charge in [-0.25, -0.2) is 4.79 Å². The van der Waals surface area contributed by atoms with E-state index in [1.165, 1.54) is 10.5 Å². The normalized spacial score (nSPS) is 25.2. The van der Waals surface area contributed by atoms with Crippen molar-refractivity contribution in [1.29, 1.82) is 0 Å². The van der Waals surface area contributed by atoms with Crippen LogP contribution in [0, 0.1) is 13.8 Å². The number of carboxylic acid groups (broad SMARTS) is 1. The first kappa shape index (κ1) is 13.0. The Hall–Kier alpha value is -2.04. The van der Waals surface area contributed by atoms with Crippen molar-refractivity contribution in [1.82, 2.24) is 4.90 Å². The van der Waals surface area contributed by atoms with E-state index in [9.17, 15) is 14.7 Å². The molecule has 3 rings (SSSR count). The van der Waals surface area contributed by atoms with E-state index in [1.807, 2.05) is 36.9 Å². The second-order valence-electron chi connectivity index (χ2n) is 5.59. The average molecular weight is 274 g/mol. The van der Waals surface area contributed by atoms with E-state index in [0.717, 1.165) is 11.3 Å². The van der Waals surface area contributed by atoms with Crippen molar-refractivity contribution in [3.05, 3.63) is 29.3 Å². The van der Waals surface area contributed by atoms with E-state index >= 15 is 0 Å². The number of anilines is 1. The molecule has 0 spiro atoms. The lowest BCUT2D eigenvalue weighted by Gasteiger charge is -2.36. The minimum absolute atomic E-state index is 0.0567. The van der Waals surface area contributed by atoms with Crippen LogP contribution in [0.3, 0.4) is 0 Å². The summed E-state index contributed by atoms with van der Waals surface area (Å²) in [6.07, 6.45) is 0.668. The smallest absolute Gasteiger partial charge is 0.350 e. The Morgan fingerprint density at radius 1 is 1.20 bits per heavy atom. The highest BCUT2D eigenvalue weighted by Crippen LogP contribution is 2.41. The zero-order valence-corrected chi connectivity index (χ0v) is 11.7. The second-order valence-corrected chi connectivity index (χ2v) is 5.59. The maximum atomic E-state index is 11.9.